The minimum Gasteiger partial charge on any atom is -0.329 e. The summed E-state index contributed by atoms with van der Waals surface area (Å²) >= 11 is 3.42. The standard InChI is InChI=1S/C14H13N3S2/c15-8-13(10-4-3-7-16-9-10)19-14-17-11-5-1-2-6-12(11)18-14/h1-7,9,13H,8,15H2. The van der Waals surface area contributed by atoms with Crippen molar-refractivity contribution in [1.82, 2.24) is 9.97 Å². The molecular weight excluding hydrogens is 274 g/mol. The van der Waals surface area contributed by atoms with Crippen molar-refractivity contribution in [2.75, 3.05) is 6.54 Å². The van der Waals surface area contributed by atoms with E-state index in [-0.39, 0.29) is 5.25 Å². The zero-order valence-corrected chi connectivity index (χ0v) is 11.8. The Bertz CT molecular complexity index is 634. The van der Waals surface area contributed by atoms with E-state index in [0.717, 1.165) is 15.4 Å². The number of benzene rings is 1. The summed E-state index contributed by atoms with van der Waals surface area (Å²) in [7, 11) is 0. The molecule has 3 rings (SSSR count). The highest BCUT2D eigenvalue weighted by atomic mass is 32.2. The van der Waals surface area contributed by atoms with Gasteiger partial charge in [-0.3, -0.25) is 4.98 Å². The summed E-state index contributed by atoms with van der Waals surface area (Å²) in [5.74, 6) is 0. The molecular formula is C14H13N3S2. The average molecular weight is 287 g/mol. The maximum absolute atomic E-state index is 5.88. The Morgan fingerprint density at radius 3 is 2.84 bits per heavy atom. The molecule has 2 heterocycles. The summed E-state index contributed by atoms with van der Waals surface area (Å²) < 4.78 is 2.27. The van der Waals surface area contributed by atoms with Crippen LogP contribution in [0.1, 0.15) is 10.8 Å². The predicted molar refractivity (Wildman–Crippen MR) is 81.5 cm³/mol. The lowest BCUT2D eigenvalue weighted by molar-refractivity contribution is 0.931. The Balaban J connectivity index is 1.86. The van der Waals surface area contributed by atoms with Crippen LogP contribution < -0.4 is 5.73 Å². The van der Waals surface area contributed by atoms with Crippen LogP contribution in [0.5, 0.6) is 0 Å². The van der Waals surface area contributed by atoms with Crippen LogP contribution in [-0.2, 0) is 0 Å². The molecule has 0 fully saturated rings. The van der Waals surface area contributed by atoms with Gasteiger partial charge in [-0.25, -0.2) is 4.98 Å². The van der Waals surface area contributed by atoms with Crippen molar-refractivity contribution in [2.45, 2.75) is 9.59 Å². The molecule has 0 bridgehead atoms. The molecule has 3 nitrogen and oxygen atoms in total. The lowest BCUT2D eigenvalue weighted by atomic mass is 10.2. The quantitative estimate of drug-likeness (QED) is 0.746. The molecule has 1 atom stereocenters. The van der Waals surface area contributed by atoms with Gasteiger partial charge in [0.15, 0.2) is 4.34 Å². The highest BCUT2D eigenvalue weighted by Crippen LogP contribution is 2.38. The number of nitrogens with two attached hydrogens (primary N) is 1. The van der Waals surface area contributed by atoms with Crippen LogP contribution in [0, 0.1) is 0 Å². The molecule has 0 aliphatic carbocycles. The van der Waals surface area contributed by atoms with Crippen LogP contribution in [0.2, 0.25) is 0 Å². The predicted octanol–water partition coefficient (Wildman–Crippen LogP) is 3.48. The van der Waals surface area contributed by atoms with Gasteiger partial charge in [0.05, 0.1) is 15.5 Å². The fourth-order valence-corrected chi connectivity index (χ4v) is 4.12. The van der Waals surface area contributed by atoms with Crippen LogP contribution in [-0.4, -0.2) is 16.5 Å². The average Bonchev–Trinajstić information content (AvgIpc) is 2.88. The second kappa shape index (κ2) is 5.69. The highest BCUT2D eigenvalue weighted by molar-refractivity contribution is 8.01. The first-order valence-corrected chi connectivity index (χ1v) is 7.68. The van der Waals surface area contributed by atoms with Crippen molar-refractivity contribution in [3.05, 3.63) is 54.4 Å². The number of nitrogens with zero attached hydrogens (tertiary/aromatic N) is 2. The number of hydrogen-bond acceptors (Lipinski definition) is 5. The number of fused-ring (bicyclic) bond motifs is 1. The molecule has 5 heteroatoms. The normalized spacial score (nSPS) is 12.7. The van der Waals surface area contributed by atoms with Gasteiger partial charge < -0.3 is 5.73 Å². The Morgan fingerprint density at radius 2 is 2.11 bits per heavy atom. The second-order valence-corrected chi connectivity index (χ2v) is 6.56. The van der Waals surface area contributed by atoms with Gasteiger partial charge in [-0.1, -0.05) is 30.0 Å². The number of aromatic nitrogens is 2. The highest BCUT2D eigenvalue weighted by Gasteiger charge is 2.14. The molecule has 2 N–H and O–H groups in total. The van der Waals surface area contributed by atoms with Gasteiger partial charge in [0.2, 0.25) is 0 Å². The Labute approximate surface area is 119 Å². The number of thiazole rings is 1. The molecule has 19 heavy (non-hydrogen) atoms. The monoisotopic (exact) mass is 287 g/mol. The van der Waals surface area contributed by atoms with Crippen molar-refractivity contribution >= 4 is 33.3 Å². The molecule has 0 amide bonds. The largest absolute Gasteiger partial charge is 0.329 e. The van der Waals surface area contributed by atoms with Gasteiger partial charge >= 0.3 is 0 Å². The fourth-order valence-electron chi connectivity index (χ4n) is 1.84. The summed E-state index contributed by atoms with van der Waals surface area (Å²) in [5.41, 5.74) is 8.08. The van der Waals surface area contributed by atoms with Gasteiger partial charge in [-0.05, 0) is 23.8 Å². The summed E-state index contributed by atoms with van der Waals surface area (Å²) in [6.45, 7) is 0.576. The molecule has 0 saturated heterocycles. The minimum atomic E-state index is 0.203. The smallest absolute Gasteiger partial charge is 0.151 e. The van der Waals surface area contributed by atoms with Crippen LogP contribution in [0.4, 0.5) is 0 Å². The molecule has 3 aromatic rings. The van der Waals surface area contributed by atoms with Crippen molar-refractivity contribution in [2.24, 2.45) is 5.73 Å². The zero-order valence-electron chi connectivity index (χ0n) is 10.2. The zero-order chi connectivity index (χ0) is 13.1. The maximum Gasteiger partial charge on any atom is 0.151 e. The third-order valence-electron chi connectivity index (χ3n) is 2.79. The van der Waals surface area contributed by atoms with Gasteiger partial charge in [0, 0.05) is 18.9 Å². The first-order chi connectivity index (χ1) is 9.36. The minimum absolute atomic E-state index is 0.203. The fraction of sp³-hybridized carbons (Fsp3) is 0.143. The molecule has 0 saturated carbocycles. The Hall–Kier alpha value is -1.43. The second-order valence-electron chi connectivity index (χ2n) is 4.08. The summed E-state index contributed by atoms with van der Waals surface area (Å²) in [6.07, 6.45) is 3.65. The first-order valence-electron chi connectivity index (χ1n) is 5.99. The van der Waals surface area contributed by atoms with Crippen LogP contribution in [0.3, 0.4) is 0 Å². The van der Waals surface area contributed by atoms with Crippen molar-refractivity contribution in [1.29, 1.82) is 0 Å². The topological polar surface area (TPSA) is 51.8 Å². The van der Waals surface area contributed by atoms with Gasteiger partial charge in [0.1, 0.15) is 0 Å². The summed E-state index contributed by atoms with van der Waals surface area (Å²) in [5, 5.41) is 0.203. The van der Waals surface area contributed by atoms with E-state index >= 15 is 0 Å². The van der Waals surface area contributed by atoms with E-state index in [1.54, 1.807) is 29.3 Å². The van der Waals surface area contributed by atoms with E-state index < -0.39 is 0 Å². The molecule has 0 aliphatic heterocycles. The third-order valence-corrected chi connectivity index (χ3v) is 5.20. The molecule has 1 aromatic carbocycles. The molecule has 0 aliphatic rings. The number of hydrogen-bond donors (Lipinski definition) is 1. The lowest BCUT2D eigenvalue weighted by Gasteiger charge is -2.11. The van der Waals surface area contributed by atoms with E-state index in [4.69, 9.17) is 5.73 Å². The summed E-state index contributed by atoms with van der Waals surface area (Å²) in [6, 6.07) is 12.2. The Morgan fingerprint density at radius 1 is 1.21 bits per heavy atom. The van der Waals surface area contributed by atoms with Crippen LogP contribution in [0.25, 0.3) is 10.2 Å². The maximum atomic E-state index is 5.88. The first kappa shape index (κ1) is 12.6. The van der Waals surface area contributed by atoms with E-state index in [1.807, 2.05) is 30.5 Å². The number of pyridine rings is 1. The van der Waals surface area contributed by atoms with Gasteiger partial charge in [0.25, 0.3) is 0 Å². The van der Waals surface area contributed by atoms with E-state index in [1.165, 1.54) is 4.70 Å². The van der Waals surface area contributed by atoms with Crippen LogP contribution in [0.15, 0.2) is 53.1 Å². The van der Waals surface area contributed by atoms with Crippen molar-refractivity contribution in [3.8, 4) is 0 Å². The molecule has 0 radical (unpaired) electrons. The van der Waals surface area contributed by atoms with E-state index in [2.05, 4.69) is 22.1 Å². The van der Waals surface area contributed by atoms with Gasteiger partial charge in [-0.15, -0.1) is 11.3 Å². The molecule has 0 spiro atoms. The van der Waals surface area contributed by atoms with Gasteiger partial charge in [-0.2, -0.15) is 0 Å². The molecule has 96 valence electrons. The van der Waals surface area contributed by atoms with E-state index in [0.29, 0.717) is 6.54 Å². The van der Waals surface area contributed by atoms with Crippen molar-refractivity contribution < 1.29 is 0 Å². The number of para-hydroxylation sites is 1. The van der Waals surface area contributed by atoms with Crippen LogP contribution >= 0.6 is 23.1 Å². The Kier molecular flexibility index (Phi) is 3.77. The SMILES string of the molecule is NCC(Sc1nc2ccccc2s1)c1cccnc1. The lowest BCUT2D eigenvalue weighted by Crippen LogP contribution is -2.09. The van der Waals surface area contributed by atoms with E-state index in [9.17, 15) is 0 Å². The number of thioether (sulfide) groups is 1. The third kappa shape index (κ3) is 2.78. The number of rotatable bonds is 4. The summed E-state index contributed by atoms with van der Waals surface area (Å²) in [4.78, 5) is 8.78. The molecule has 2 aromatic heterocycles. The molecule has 1 unspecified atom stereocenters. The van der Waals surface area contributed by atoms with Crippen molar-refractivity contribution in [3.63, 3.8) is 0 Å².